The Morgan fingerprint density at radius 2 is 1.75 bits per heavy atom. The van der Waals surface area contributed by atoms with Crippen molar-refractivity contribution in [2.24, 2.45) is 0 Å². The molecule has 286 valence electrons. The van der Waals surface area contributed by atoms with Crippen LogP contribution in [0.25, 0.3) is 5.69 Å². The number of pyridine rings is 1. The number of nitrogens with zero attached hydrogens (tertiary/aromatic N) is 6. The SMILES string of the molecule is COc1ccc(Cn2cc(Cl)cc(NC(c3ccc(C#N)cc3)c3c(C(=O)O)nn(-c4cnc(NCC(=O)OC(C)(C)C)nc4OC)c3C(C)C)c2=O)cc1. The van der Waals surface area contributed by atoms with Crippen molar-refractivity contribution in [3.63, 3.8) is 0 Å². The van der Waals surface area contributed by atoms with Crippen LogP contribution in [0, 0.1) is 11.3 Å². The molecule has 0 aliphatic rings. The summed E-state index contributed by atoms with van der Waals surface area (Å²) in [6.45, 7) is 8.98. The number of carbonyl (C=O) groups excluding carboxylic acids is 1. The van der Waals surface area contributed by atoms with Gasteiger partial charge in [-0.15, -0.1) is 0 Å². The number of halogens is 1. The number of carbonyl (C=O) groups is 2. The van der Waals surface area contributed by atoms with Crippen LogP contribution in [0.15, 0.2) is 71.8 Å². The number of hydrogen-bond acceptors (Lipinski definition) is 12. The number of benzene rings is 2. The molecule has 2 aromatic carbocycles. The van der Waals surface area contributed by atoms with E-state index in [2.05, 4.69) is 31.8 Å². The number of aromatic carboxylic acids is 1. The minimum Gasteiger partial charge on any atom is -0.497 e. The van der Waals surface area contributed by atoms with Crippen molar-refractivity contribution in [3.05, 3.63) is 116 Å². The molecule has 3 N–H and O–H groups in total. The number of aromatic nitrogens is 5. The first kappa shape index (κ1) is 39.8. The number of hydrogen-bond donors (Lipinski definition) is 3. The van der Waals surface area contributed by atoms with Gasteiger partial charge in [0.1, 0.15) is 29.3 Å². The highest BCUT2D eigenvalue weighted by atomic mass is 35.5. The van der Waals surface area contributed by atoms with Crippen LogP contribution in [0.2, 0.25) is 5.02 Å². The molecule has 0 bridgehead atoms. The van der Waals surface area contributed by atoms with Crippen LogP contribution < -0.4 is 25.7 Å². The number of esters is 1. The van der Waals surface area contributed by atoms with Gasteiger partial charge in [-0.1, -0.05) is 49.7 Å². The van der Waals surface area contributed by atoms with E-state index >= 15 is 0 Å². The summed E-state index contributed by atoms with van der Waals surface area (Å²) in [7, 11) is 2.95. The van der Waals surface area contributed by atoms with Crippen molar-refractivity contribution in [2.75, 3.05) is 31.4 Å². The highest BCUT2D eigenvalue weighted by molar-refractivity contribution is 6.30. The summed E-state index contributed by atoms with van der Waals surface area (Å²) in [5.74, 6) is -1.45. The second kappa shape index (κ2) is 16.7. The standard InChI is InChI=1S/C39H41ClN8O7/c1-22(2)34-31(33(37(51)52)46-48(34)29-18-42-38(45-35(29)54-7)43-19-30(49)55-39(3,4)5)32(25-12-8-23(17-41)9-13-25)44-28-16-26(40)21-47(36(28)50)20-24-10-14-27(53-6)15-11-24/h8-16,18,21-22,32,44H,19-20H2,1-7H3,(H,51,52)(H,42,43,45). The molecule has 1 atom stereocenters. The van der Waals surface area contributed by atoms with Crippen LogP contribution >= 0.6 is 11.6 Å². The van der Waals surface area contributed by atoms with Crippen LogP contribution in [0.3, 0.4) is 0 Å². The Hall–Kier alpha value is -6.40. The molecule has 15 nitrogen and oxygen atoms in total. The lowest BCUT2D eigenvalue weighted by Gasteiger charge is -2.24. The molecule has 1 unspecified atom stereocenters. The molecule has 0 spiro atoms. The average molecular weight is 769 g/mol. The first-order chi connectivity index (χ1) is 26.1. The maximum Gasteiger partial charge on any atom is 0.356 e. The van der Waals surface area contributed by atoms with Gasteiger partial charge in [0.15, 0.2) is 5.69 Å². The number of carboxylic acids is 1. The summed E-state index contributed by atoms with van der Waals surface area (Å²) >= 11 is 6.59. The summed E-state index contributed by atoms with van der Waals surface area (Å²) < 4.78 is 19.1. The van der Waals surface area contributed by atoms with Crippen LogP contribution in [0.5, 0.6) is 11.6 Å². The highest BCUT2D eigenvalue weighted by Crippen LogP contribution is 2.38. The number of nitrogens with one attached hydrogen (secondary N) is 2. The average Bonchev–Trinajstić information content (AvgIpc) is 3.55. The number of anilines is 2. The van der Waals surface area contributed by atoms with E-state index < -0.39 is 29.1 Å². The lowest BCUT2D eigenvalue weighted by Crippen LogP contribution is -2.28. The van der Waals surface area contributed by atoms with E-state index in [-0.39, 0.29) is 58.5 Å². The van der Waals surface area contributed by atoms with E-state index in [0.717, 1.165) is 5.56 Å². The molecule has 0 saturated heterocycles. The minimum absolute atomic E-state index is 0.0359. The van der Waals surface area contributed by atoms with E-state index in [1.807, 2.05) is 26.0 Å². The van der Waals surface area contributed by atoms with Crippen molar-refractivity contribution in [1.82, 2.24) is 24.3 Å². The molecule has 0 saturated carbocycles. The first-order valence-electron chi connectivity index (χ1n) is 17.1. The van der Waals surface area contributed by atoms with E-state index in [9.17, 15) is 24.8 Å². The molecular weight excluding hydrogens is 728 g/mol. The zero-order chi connectivity index (χ0) is 40.0. The minimum atomic E-state index is -1.34. The molecule has 0 amide bonds. The van der Waals surface area contributed by atoms with Gasteiger partial charge in [-0.25, -0.2) is 14.5 Å². The normalized spacial score (nSPS) is 11.8. The first-order valence-corrected chi connectivity index (χ1v) is 17.5. The van der Waals surface area contributed by atoms with Crippen molar-refractivity contribution >= 4 is 35.2 Å². The number of nitriles is 1. The monoisotopic (exact) mass is 768 g/mol. The Morgan fingerprint density at radius 3 is 2.33 bits per heavy atom. The topological polar surface area (TPSA) is 196 Å². The fraction of sp³-hybridized carbons (Fsp3) is 0.308. The summed E-state index contributed by atoms with van der Waals surface area (Å²) in [6.07, 6.45) is 2.92. The molecule has 3 heterocycles. The molecule has 16 heteroatoms. The third kappa shape index (κ3) is 9.40. The number of rotatable bonds is 14. The quantitative estimate of drug-likeness (QED) is 0.108. The molecule has 0 fully saturated rings. The van der Waals surface area contributed by atoms with Crippen LogP contribution in [0.1, 0.15) is 85.0 Å². The molecule has 0 aliphatic heterocycles. The molecule has 5 aromatic rings. The maximum absolute atomic E-state index is 14.1. The maximum atomic E-state index is 14.1. The predicted molar refractivity (Wildman–Crippen MR) is 206 cm³/mol. The summed E-state index contributed by atoms with van der Waals surface area (Å²) in [5, 5.41) is 31.1. The van der Waals surface area contributed by atoms with E-state index in [1.165, 1.54) is 34.8 Å². The fourth-order valence-corrected chi connectivity index (χ4v) is 6.10. The third-order valence-electron chi connectivity index (χ3n) is 8.20. The second-order valence-corrected chi connectivity index (χ2v) is 14.1. The van der Waals surface area contributed by atoms with Crippen LogP contribution in [-0.4, -0.2) is 67.7 Å². The van der Waals surface area contributed by atoms with Gasteiger partial charge >= 0.3 is 11.9 Å². The van der Waals surface area contributed by atoms with E-state index in [1.54, 1.807) is 64.3 Å². The Kier molecular flexibility index (Phi) is 12.1. The third-order valence-corrected chi connectivity index (χ3v) is 8.41. The molecule has 55 heavy (non-hydrogen) atoms. The zero-order valence-electron chi connectivity index (χ0n) is 31.4. The summed E-state index contributed by atoms with van der Waals surface area (Å²) in [6, 6.07) is 16.4. The van der Waals surface area contributed by atoms with Crippen LogP contribution in [-0.2, 0) is 16.1 Å². The summed E-state index contributed by atoms with van der Waals surface area (Å²) in [4.78, 5) is 48.2. The van der Waals surface area contributed by atoms with Gasteiger partial charge in [0, 0.05) is 11.8 Å². The molecular formula is C39H41ClN8O7. The largest absolute Gasteiger partial charge is 0.497 e. The van der Waals surface area contributed by atoms with Crippen LogP contribution in [0.4, 0.5) is 11.6 Å². The van der Waals surface area contributed by atoms with Gasteiger partial charge in [-0.05, 0) is 68.1 Å². The second-order valence-electron chi connectivity index (χ2n) is 13.7. The lowest BCUT2D eigenvalue weighted by atomic mass is 9.91. The van der Waals surface area contributed by atoms with Crippen molar-refractivity contribution in [3.8, 4) is 23.4 Å². The molecule has 0 radical (unpaired) electrons. The van der Waals surface area contributed by atoms with Gasteiger partial charge in [-0.3, -0.25) is 9.59 Å². The predicted octanol–water partition coefficient (Wildman–Crippen LogP) is 6.19. The van der Waals surface area contributed by atoms with E-state index in [0.29, 0.717) is 22.6 Å². The Bertz CT molecular complexity index is 2290. The van der Waals surface area contributed by atoms with Gasteiger partial charge < -0.3 is 34.5 Å². The Morgan fingerprint density at radius 1 is 1.05 bits per heavy atom. The van der Waals surface area contributed by atoms with Crippen molar-refractivity contribution in [2.45, 2.75) is 58.7 Å². The van der Waals surface area contributed by atoms with Gasteiger partial charge in [0.2, 0.25) is 11.8 Å². The summed E-state index contributed by atoms with van der Waals surface area (Å²) in [5.41, 5.74) is 1.30. The number of carboxylic acid groups (broad SMARTS) is 1. The zero-order valence-corrected chi connectivity index (χ0v) is 32.1. The van der Waals surface area contributed by atoms with Gasteiger partial charge in [0.25, 0.3) is 5.56 Å². The molecule has 3 aromatic heterocycles. The molecule has 5 rings (SSSR count). The number of methoxy groups -OCH3 is 2. The highest BCUT2D eigenvalue weighted by Gasteiger charge is 2.33. The van der Waals surface area contributed by atoms with Gasteiger partial charge in [-0.2, -0.15) is 15.3 Å². The van der Waals surface area contributed by atoms with E-state index in [4.69, 9.17) is 25.8 Å². The lowest BCUT2D eigenvalue weighted by molar-refractivity contribution is -0.152. The molecule has 0 aliphatic carbocycles. The Balaban J connectivity index is 1.64. The number of ether oxygens (including phenoxy) is 3. The van der Waals surface area contributed by atoms with Crippen molar-refractivity contribution < 1.29 is 28.9 Å². The fourth-order valence-electron chi connectivity index (χ4n) is 5.87. The Labute approximate surface area is 322 Å². The van der Waals surface area contributed by atoms with Gasteiger partial charge in [0.05, 0.1) is 55.4 Å². The smallest absolute Gasteiger partial charge is 0.356 e. The van der Waals surface area contributed by atoms with Crippen molar-refractivity contribution in [1.29, 1.82) is 5.26 Å².